The van der Waals surface area contributed by atoms with Gasteiger partial charge in [-0.2, -0.15) is 11.8 Å². The summed E-state index contributed by atoms with van der Waals surface area (Å²) in [5.74, 6) is 0.204. The number of benzene rings is 2. The molecule has 2 aromatic carbocycles. The SMILES string of the molecule is CSCC[C@H](NC(=O)c1ccc(COC(CC2CCCCC2)CN2CCS(=O)(=O)CC2)cc1-c1ccccc1C)C(=O)O. The summed E-state index contributed by atoms with van der Waals surface area (Å²) in [7, 11) is -2.95. The predicted molar refractivity (Wildman–Crippen MR) is 173 cm³/mol. The Bertz CT molecular complexity index is 1330. The van der Waals surface area contributed by atoms with Crippen LogP contribution in [-0.4, -0.2) is 85.6 Å². The van der Waals surface area contributed by atoms with Crippen LogP contribution in [0.1, 0.15) is 66.4 Å². The molecule has 2 aromatic rings. The zero-order valence-electron chi connectivity index (χ0n) is 25.4. The van der Waals surface area contributed by atoms with Crippen molar-refractivity contribution in [1.82, 2.24) is 10.2 Å². The number of carboxylic acids is 1. The molecule has 1 saturated heterocycles. The molecule has 0 radical (unpaired) electrons. The topological polar surface area (TPSA) is 113 Å². The van der Waals surface area contributed by atoms with E-state index in [9.17, 15) is 23.1 Å². The normalized spacial score (nSPS) is 19.0. The number of carboxylic acid groups (broad SMARTS) is 1. The maximum Gasteiger partial charge on any atom is 0.326 e. The van der Waals surface area contributed by atoms with Gasteiger partial charge in [0.05, 0.1) is 24.2 Å². The molecule has 236 valence electrons. The summed E-state index contributed by atoms with van der Waals surface area (Å²) >= 11 is 1.55. The second-order valence-electron chi connectivity index (χ2n) is 12.0. The maximum atomic E-state index is 13.4. The summed E-state index contributed by atoms with van der Waals surface area (Å²) in [6, 6.07) is 12.6. The molecule has 10 heteroatoms. The first-order valence-electron chi connectivity index (χ1n) is 15.4. The molecule has 4 rings (SSSR count). The molecule has 0 bridgehead atoms. The minimum atomic E-state index is -2.95. The van der Waals surface area contributed by atoms with E-state index >= 15 is 0 Å². The lowest BCUT2D eigenvalue weighted by molar-refractivity contribution is -0.139. The van der Waals surface area contributed by atoms with Gasteiger partial charge in [-0.05, 0) is 72.1 Å². The molecular weight excluding hydrogens is 585 g/mol. The number of nitrogens with one attached hydrogen (secondary N) is 1. The molecule has 43 heavy (non-hydrogen) atoms. The van der Waals surface area contributed by atoms with Crippen LogP contribution in [0.4, 0.5) is 0 Å². The highest BCUT2D eigenvalue weighted by Crippen LogP contribution is 2.31. The van der Waals surface area contributed by atoms with E-state index in [0.717, 1.165) is 28.7 Å². The van der Waals surface area contributed by atoms with Crippen LogP contribution in [0.25, 0.3) is 11.1 Å². The number of rotatable bonds is 14. The highest BCUT2D eigenvalue weighted by atomic mass is 32.2. The summed E-state index contributed by atoms with van der Waals surface area (Å²) in [6.07, 6.45) is 9.42. The first-order chi connectivity index (χ1) is 20.6. The molecule has 1 amide bonds. The molecule has 2 N–H and O–H groups in total. The summed E-state index contributed by atoms with van der Waals surface area (Å²) in [5, 5.41) is 12.4. The molecule has 0 aromatic heterocycles. The third-order valence-corrected chi connectivity index (χ3v) is 10.9. The van der Waals surface area contributed by atoms with Gasteiger partial charge >= 0.3 is 5.97 Å². The number of ether oxygens (including phenoxy) is 1. The van der Waals surface area contributed by atoms with Crippen LogP contribution in [0, 0.1) is 12.8 Å². The summed E-state index contributed by atoms with van der Waals surface area (Å²) in [6.45, 7) is 4.17. The van der Waals surface area contributed by atoms with Crippen LogP contribution in [0.3, 0.4) is 0 Å². The van der Waals surface area contributed by atoms with Crippen LogP contribution in [0.5, 0.6) is 0 Å². The van der Waals surface area contributed by atoms with Crippen molar-refractivity contribution >= 4 is 33.5 Å². The number of amides is 1. The Kier molecular flexibility index (Phi) is 12.5. The number of sulfone groups is 1. The average molecular weight is 631 g/mol. The van der Waals surface area contributed by atoms with E-state index in [4.69, 9.17) is 4.74 Å². The van der Waals surface area contributed by atoms with E-state index in [1.165, 1.54) is 32.1 Å². The average Bonchev–Trinajstić information content (AvgIpc) is 2.99. The molecule has 2 aliphatic rings. The molecule has 1 aliphatic carbocycles. The minimum Gasteiger partial charge on any atom is -0.480 e. The Morgan fingerprint density at radius 1 is 1.07 bits per heavy atom. The number of thioether (sulfide) groups is 1. The molecule has 0 spiro atoms. The summed E-state index contributed by atoms with van der Waals surface area (Å²) in [4.78, 5) is 27.5. The predicted octanol–water partition coefficient (Wildman–Crippen LogP) is 5.18. The highest BCUT2D eigenvalue weighted by Gasteiger charge is 2.27. The van der Waals surface area contributed by atoms with E-state index in [-0.39, 0.29) is 17.6 Å². The lowest BCUT2D eigenvalue weighted by Crippen LogP contribution is -2.44. The van der Waals surface area contributed by atoms with Crippen LogP contribution in [0.15, 0.2) is 42.5 Å². The largest absolute Gasteiger partial charge is 0.480 e. The van der Waals surface area contributed by atoms with E-state index in [0.29, 0.717) is 49.9 Å². The van der Waals surface area contributed by atoms with Crippen LogP contribution in [-0.2, 0) is 26.0 Å². The lowest BCUT2D eigenvalue weighted by atomic mass is 9.85. The number of aryl methyl sites for hydroxylation is 1. The van der Waals surface area contributed by atoms with E-state index in [1.54, 1.807) is 17.8 Å². The van der Waals surface area contributed by atoms with Gasteiger partial charge in [0.2, 0.25) is 0 Å². The number of aliphatic carboxylic acids is 1. The second kappa shape index (κ2) is 16.1. The van der Waals surface area contributed by atoms with Gasteiger partial charge in [-0.1, -0.05) is 62.4 Å². The van der Waals surface area contributed by atoms with Gasteiger partial charge in [0, 0.05) is 25.2 Å². The Morgan fingerprint density at radius 2 is 1.79 bits per heavy atom. The lowest BCUT2D eigenvalue weighted by Gasteiger charge is -2.33. The van der Waals surface area contributed by atoms with Gasteiger partial charge in [0.1, 0.15) is 6.04 Å². The van der Waals surface area contributed by atoms with Crippen molar-refractivity contribution in [1.29, 1.82) is 0 Å². The Morgan fingerprint density at radius 3 is 2.47 bits per heavy atom. The number of carbonyl (C=O) groups is 2. The van der Waals surface area contributed by atoms with Gasteiger partial charge < -0.3 is 15.2 Å². The Hall–Kier alpha value is -2.40. The highest BCUT2D eigenvalue weighted by molar-refractivity contribution is 7.98. The number of hydrogen-bond acceptors (Lipinski definition) is 7. The monoisotopic (exact) mass is 630 g/mol. The van der Waals surface area contributed by atoms with Gasteiger partial charge in [0.15, 0.2) is 9.84 Å². The van der Waals surface area contributed by atoms with E-state index in [2.05, 4.69) is 10.2 Å². The standard InChI is InChI=1S/C33H46N2O6S2/c1-24-8-6-7-11-28(24)30-21-26(12-13-29(30)32(36)34-31(33(37)38)14-17-42-2)23-41-27(20-25-9-4-3-5-10-25)22-35-15-18-43(39,40)19-16-35/h6-8,11-13,21,25,27,31H,3-5,9-10,14-20,22-23H2,1-2H3,(H,34,36)(H,37,38)/t27?,31-/m0/s1. The van der Waals surface area contributed by atoms with Crippen LogP contribution >= 0.6 is 11.8 Å². The van der Waals surface area contributed by atoms with Crippen molar-refractivity contribution in [3.05, 3.63) is 59.2 Å². The minimum absolute atomic E-state index is 0.0125. The molecule has 2 atom stereocenters. The van der Waals surface area contributed by atoms with Gasteiger partial charge in [-0.25, -0.2) is 13.2 Å². The van der Waals surface area contributed by atoms with Crippen molar-refractivity contribution in [3.63, 3.8) is 0 Å². The van der Waals surface area contributed by atoms with Crippen molar-refractivity contribution in [2.24, 2.45) is 5.92 Å². The van der Waals surface area contributed by atoms with Gasteiger partial charge in [-0.15, -0.1) is 0 Å². The zero-order valence-corrected chi connectivity index (χ0v) is 27.1. The molecular formula is C33H46N2O6S2. The number of carbonyl (C=O) groups excluding carboxylic acids is 1. The van der Waals surface area contributed by atoms with Crippen molar-refractivity contribution in [2.45, 2.75) is 70.6 Å². The fourth-order valence-corrected chi connectivity index (χ4v) is 7.88. The first kappa shape index (κ1) is 33.5. The quantitative estimate of drug-likeness (QED) is 0.294. The Labute approximate surface area is 260 Å². The molecule has 1 heterocycles. The fourth-order valence-electron chi connectivity index (χ4n) is 6.13. The van der Waals surface area contributed by atoms with Crippen LogP contribution in [0.2, 0.25) is 0 Å². The third-order valence-electron chi connectivity index (χ3n) is 8.68. The van der Waals surface area contributed by atoms with Crippen molar-refractivity contribution in [2.75, 3.05) is 43.1 Å². The third kappa shape index (κ3) is 10.1. The second-order valence-corrected chi connectivity index (χ2v) is 15.3. The van der Waals surface area contributed by atoms with Crippen molar-refractivity contribution in [3.8, 4) is 11.1 Å². The van der Waals surface area contributed by atoms with Gasteiger partial charge in [0.25, 0.3) is 5.91 Å². The molecule has 1 aliphatic heterocycles. The van der Waals surface area contributed by atoms with Crippen molar-refractivity contribution < 1.29 is 27.9 Å². The summed E-state index contributed by atoms with van der Waals surface area (Å²) < 4.78 is 30.5. The number of hydrogen-bond donors (Lipinski definition) is 2. The molecule has 8 nitrogen and oxygen atoms in total. The van der Waals surface area contributed by atoms with Gasteiger partial charge in [-0.3, -0.25) is 9.69 Å². The number of nitrogens with zero attached hydrogens (tertiary/aromatic N) is 1. The van der Waals surface area contributed by atoms with E-state index in [1.807, 2.05) is 49.6 Å². The van der Waals surface area contributed by atoms with E-state index < -0.39 is 27.8 Å². The summed E-state index contributed by atoms with van der Waals surface area (Å²) in [5.41, 5.74) is 4.04. The van der Waals surface area contributed by atoms with Crippen LogP contribution < -0.4 is 5.32 Å². The smallest absolute Gasteiger partial charge is 0.326 e. The maximum absolute atomic E-state index is 13.4. The molecule has 1 unspecified atom stereocenters. The zero-order chi connectivity index (χ0) is 30.8. The fraction of sp³-hybridized carbons (Fsp3) is 0.576. The first-order valence-corrected chi connectivity index (χ1v) is 18.6. The molecule has 1 saturated carbocycles. The molecule has 2 fully saturated rings. The Balaban J connectivity index is 1.54.